The molecule has 3 heteroatoms. The van der Waals surface area contributed by atoms with Crippen LogP contribution in [0, 0.1) is 0 Å². The van der Waals surface area contributed by atoms with Crippen LogP contribution in [-0.4, -0.2) is 15.6 Å². The molecule has 0 aliphatic heterocycles. The van der Waals surface area contributed by atoms with Gasteiger partial charge in [-0.25, -0.2) is 4.79 Å². The minimum absolute atomic E-state index is 0.493. The van der Waals surface area contributed by atoms with Crippen molar-refractivity contribution in [3.05, 3.63) is 47.7 Å². The maximum Gasteiger partial charge on any atom is 0.328 e. The van der Waals surface area contributed by atoms with E-state index in [0.717, 1.165) is 17.6 Å². The molecule has 0 amide bonds. The number of carboxylic acids is 1. The molecule has 1 heterocycles. The Balaban J connectivity index is 2.29. The predicted molar refractivity (Wildman–Crippen MR) is 82.0 cm³/mol. The van der Waals surface area contributed by atoms with Gasteiger partial charge in [0.25, 0.3) is 0 Å². The van der Waals surface area contributed by atoms with E-state index in [1.54, 1.807) is 0 Å². The zero-order valence-corrected chi connectivity index (χ0v) is 12.3. The van der Waals surface area contributed by atoms with E-state index in [1.165, 1.54) is 17.0 Å². The lowest BCUT2D eigenvalue weighted by Crippen LogP contribution is -2.01. The normalized spacial score (nSPS) is 13.7. The molecule has 0 aliphatic rings. The second-order valence-electron chi connectivity index (χ2n) is 5.38. The Morgan fingerprint density at radius 1 is 1.40 bits per heavy atom. The number of allylic oxidation sites excluding steroid dienone is 1. The van der Waals surface area contributed by atoms with E-state index in [9.17, 15) is 4.79 Å². The fourth-order valence-corrected chi connectivity index (χ4v) is 2.49. The van der Waals surface area contributed by atoms with Crippen molar-refractivity contribution in [2.45, 2.75) is 39.7 Å². The number of hydrogen-bond donors (Lipinski definition) is 1. The zero-order valence-electron chi connectivity index (χ0n) is 12.3. The van der Waals surface area contributed by atoms with Crippen molar-refractivity contribution >= 4 is 16.9 Å². The van der Waals surface area contributed by atoms with Crippen LogP contribution in [0.3, 0.4) is 0 Å². The molecule has 0 spiro atoms. The molecule has 20 heavy (non-hydrogen) atoms. The molecule has 0 fully saturated rings. The van der Waals surface area contributed by atoms with E-state index < -0.39 is 5.97 Å². The summed E-state index contributed by atoms with van der Waals surface area (Å²) in [6.45, 7) is 6.25. The predicted octanol–water partition coefficient (Wildman–Crippen LogP) is 4.19. The van der Waals surface area contributed by atoms with E-state index in [0.29, 0.717) is 12.5 Å². The Bertz CT molecular complexity index is 652. The molecule has 0 radical (unpaired) electrons. The molecular weight excluding hydrogens is 250 g/mol. The van der Waals surface area contributed by atoms with Crippen molar-refractivity contribution in [1.82, 2.24) is 4.57 Å². The quantitative estimate of drug-likeness (QED) is 0.829. The number of carbonyl (C=O) groups is 1. The van der Waals surface area contributed by atoms with Crippen LogP contribution in [0.15, 0.2) is 42.1 Å². The minimum Gasteiger partial charge on any atom is -0.478 e. The summed E-state index contributed by atoms with van der Waals surface area (Å²) >= 11 is 0. The fraction of sp³-hybridized carbons (Fsp3) is 0.353. The first kappa shape index (κ1) is 14.4. The van der Waals surface area contributed by atoms with Crippen molar-refractivity contribution in [2.75, 3.05) is 0 Å². The maximum atomic E-state index is 10.6. The van der Waals surface area contributed by atoms with Crippen LogP contribution in [-0.2, 0) is 11.2 Å². The molecule has 2 aromatic rings. The van der Waals surface area contributed by atoms with Crippen molar-refractivity contribution in [2.24, 2.45) is 0 Å². The van der Waals surface area contributed by atoms with Crippen molar-refractivity contribution < 1.29 is 9.90 Å². The van der Waals surface area contributed by atoms with Gasteiger partial charge in [0.15, 0.2) is 0 Å². The van der Waals surface area contributed by atoms with Gasteiger partial charge in [-0.3, -0.25) is 0 Å². The summed E-state index contributed by atoms with van der Waals surface area (Å²) in [4.78, 5) is 10.6. The van der Waals surface area contributed by atoms with Gasteiger partial charge < -0.3 is 9.67 Å². The number of aromatic nitrogens is 1. The van der Waals surface area contributed by atoms with Gasteiger partial charge in [-0.1, -0.05) is 18.6 Å². The van der Waals surface area contributed by atoms with Crippen LogP contribution in [0.2, 0.25) is 0 Å². The molecule has 0 aliphatic carbocycles. The van der Waals surface area contributed by atoms with Crippen LogP contribution < -0.4 is 0 Å². The van der Waals surface area contributed by atoms with E-state index in [4.69, 9.17) is 5.11 Å². The monoisotopic (exact) mass is 271 g/mol. The second-order valence-corrected chi connectivity index (χ2v) is 5.38. The van der Waals surface area contributed by atoms with Crippen LogP contribution in [0.25, 0.3) is 10.9 Å². The van der Waals surface area contributed by atoms with Gasteiger partial charge in [0.2, 0.25) is 0 Å². The number of carboxylic acid groups (broad SMARTS) is 1. The highest BCUT2D eigenvalue weighted by Gasteiger charge is 2.07. The van der Waals surface area contributed by atoms with Gasteiger partial charge in [0.05, 0.1) is 0 Å². The number of nitrogens with zero attached hydrogens (tertiary/aromatic N) is 1. The molecule has 1 unspecified atom stereocenters. The maximum absolute atomic E-state index is 10.6. The summed E-state index contributed by atoms with van der Waals surface area (Å²) in [7, 11) is 0. The van der Waals surface area contributed by atoms with Crippen LogP contribution in [0.1, 0.15) is 38.8 Å². The van der Waals surface area contributed by atoms with Crippen molar-refractivity contribution in [3.8, 4) is 0 Å². The lowest BCUT2D eigenvalue weighted by molar-refractivity contribution is -0.131. The fourth-order valence-electron chi connectivity index (χ4n) is 2.49. The smallest absolute Gasteiger partial charge is 0.328 e. The highest BCUT2D eigenvalue weighted by atomic mass is 16.4. The summed E-state index contributed by atoms with van der Waals surface area (Å²) in [5, 5.41) is 9.96. The summed E-state index contributed by atoms with van der Waals surface area (Å²) < 4.78 is 2.29. The third-order valence-electron chi connectivity index (χ3n) is 3.70. The third kappa shape index (κ3) is 3.10. The third-order valence-corrected chi connectivity index (χ3v) is 3.70. The summed E-state index contributed by atoms with van der Waals surface area (Å²) in [6, 6.07) is 8.98. The Morgan fingerprint density at radius 2 is 2.15 bits per heavy atom. The van der Waals surface area contributed by atoms with Crippen LogP contribution in [0.5, 0.6) is 0 Å². The first-order valence-electron chi connectivity index (χ1n) is 7.00. The number of aliphatic carboxylic acids is 1. The first-order chi connectivity index (χ1) is 9.51. The molecule has 1 aromatic heterocycles. The SMILES string of the molecule is CCC(C)n1ccc2cc(CC(C)=CC(=O)O)ccc21. The van der Waals surface area contributed by atoms with Gasteiger partial charge in [-0.2, -0.15) is 0 Å². The van der Waals surface area contributed by atoms with Crippen LogP contribution in [0.4, 0.5) is 0 Å². The lowest BCUT2D eigenvalue weighted by atomic mass is 10.0. The number of fused-ring (bicyclic) bond motifs is 1. The molecule has 2 rings (SSSR count). The van der Waals surface area contributed by atoms with E-state index in [1.807, 2.05) is 6.92 Å². The average Bonchev–Trinajstić information content (AvgIpc) is 2.79. The number of benzene rings is 1. The minimum atomic E-state index is -0.883. The molecule has 1 N–H and O–H groups in total. The number of rotatable bonds is 5. The Kier molecular flexibility index (Phi) is 4.28. The molecule has 1 atom stereocenters. The first-order valence-corrected chi connectivity index (χ1v) is 7.00. The second kappa shape index (κ2) is 5.95. The molecular formula is C17H21NO2. The van der Waals surface area contributed by atoms with E-state index in [-0.39, 0.29) is 0 Å². The summed E-state index contributed by atoms with van der Waals surface area (Å²) in [6.07, 6.45) is 5.18. The van der Waals surface area contributed by atoms with Crippen LogP contribution >= 0.6 is 0 Å². The van der Waals surface area contributed by atoms with Gasteiger partial charge >= 0.3 is 5.97 Å². The van der Waals surface area contributed by atoms with E-state index in [2.05, 4.69) is 48.9 Å². The topological polar surface area (TPSA) is 42.2 Å². The van der Waals surface area contributed by atoms with Gasteiger partial charge in [0, 0.05) is 23.8 Å². The molecule has 0 bridgehead atoms. The molecule has 3 nitrogen and oxygen atoms in total. The van der Waals surface area contributed by atoms with Crippen molar-refractivity contribution in [3.63, 3.8) is 0 Å². The highest BCUT2D eigenvalue weighted by molar-refractivity contribution is 5.82. The Morgan fingerprint density at radius 3 is 2.80 bits per heavy atom. The van der Waals surface area contributed by atoms with E-state index >= 15 is 0 Å². The Hall–Kier alpha value is -2.03. The van der Waals surface area contributed by atoms with Gasteiger partial charge in [-0.15, -0.1) is 0 Å². The summed E-state index contributed by atoms with van der Waals surface area (Å²) in [5.41, 5.74) is 3.25. The number of hydrogen-bond acceptors (Lipinski definition) is 1. The zero-order chi connectivity index (χ0) is 14.7. The molecule has 106 valence electrons. The highest BCUT2D eigenvalue weighted by Crippen LogP contribution is 2.23. The molecule has 0 saturated heterocycles. The average molecular weight is 271 g/mol. The van der Waals surface area contributed by atoms with Gasteiger partial charge in [-0.05, 0) is 55.8 Å². The lowest BCUT2D eigenvalue weighted by Gasteiger charge is -2.13. The Labute approximate surface area is 119 Å². The standard InChI is InChI=1S/C17H21NO2/c1-4-13(3)18-8-7-15-11-14(5-6-16(15)18)9-12(2)10-17(19)20/h5-8,10-11,13H,4,9H2,1-3H3,(H,19,20). The molecule has 0 saturated carbocycles. The largest absolute Gasteiger partial charge is 0.478 e. The summed E-state index contributed by atoms with van der Waals surface area (Å²) in [5.74, 6) is -0.883. The van der Waals surface area contributed by atoms with Crippen molar-refractivity contribution in [1.29, 1.82) is 0 Å². The molecule has 1 aromatic carbocycles. The van der Waals surface area contributed by atoms with Gasteiger partial charge in [0.1, 0.15) is 0 Å².